The number of methoxy groups -OCH3 is 1. The molecule has 2 rings (SSSR count). The number of anilines is 1. The minimum Gasteiger partial charge on any atom is -0.497 e. The summed E-state index contributed by atoms with van der Waals surface area (Å²) in [6.45, 7) is 6.48. The van der Waals surface area contributed by atoms with Crippen molar-refractivity contribution in [2.75, 3.05) is 24.2 Å². The quantitative estimate of drug-likeness (QED) is 0.580. The Labute approximate surface area is 200 Å². The monoisotopic (exact) mass is 493 g/mol. The SMILES string of the molecule is COc1cccc(CN(C(=O)CN(c2cccc(F)c2)S(C)(=O)=O)[C@H](C)C(=O)NC(C)(C)C)c1. The molecule has 0 aliphatic heterocycles. The second kappa shape index (κ2) is 10.9. The number of benzene rings is 2. The van der Waals surface area contributed by atoms with Gasteiger partial charge in [-0.05, 0) is 63.6 Å². The number of carbonyl (C=O) groups is 2. The maximum Gasteiger partial charge on any atom is 0.244 e. The maximum absolute atomic E-state index is 13.8. The Balaban J connectivity index is 2.42. The number of amides is 2. The van der Waals surface area contributed by atoms with E-state index in [2.05, 4.69) is 5.32 Å². The summed E-state index contributed by atoms with van der Waals surface area (Å²) in [7, 11) is -2.40. The summed E-state index contributed by atoms with van der Waals surface area (Å²) in [6.07, 6.45) is 0.938. The molecule has 0 aliphatic carbocycles. The van der Waals surface area contributed by atoms with Crippen LogP contribution in [-0.4, -0.2) is 56.6 Å². The Bertz CT molecular complexity index is 1130. The second-order valence-electron chi connectivity index (χ2n) is 9.04. The molecule has 0 spiro atoms. The van der Waals surface area contributed by atoms with Crippen molar-refractivity contribution in [3.63, 3.8) is 0 Å². The molecule has 0 heterocycles. The molecular weight excluding hydrogens is 461 g/mol. The minimum atomic E-state index is -3.92. The average molecular weight is 494 g/mol. The van der Waals surface area contributed by atoms with E-state index >= 15 is 0 Å². The van der Waals surface area contributed by atoms with Gasteiger partial charge in [-0.3, -0.25) is 13.9 Å². The van der Waals surface area contributed by atoms with Crippen LogP contribution in [0, 0.1) is 5.82 Å². The van der Waals surface area contributed by atoms with Crippen LogP contribution in [0.25, 0.3) is 0 Å². The van der Waals surface area contributed by atoms with Crippen LogP contribution in [0.4, 0.5) is 10.1 Å². The smallest absolute Gasteiger partial charge is 0.244 e. The Morgan fingerprint density at radius 1 is 1.12 bits per heavy atom. The van der Waals surface area contributed by atoms with Crippen molar-refractivity contribution in [1.82, 2.24) is 10.2 Å². The van der Waals surface area contributed by atoms with Crippen LogP contribution >= 0.6 is 0 Å². The second-order valence-corrected chi connectivity index (χ2v) is 10.9. The van der Waals surface area contributed by atoms with Gasteiger partial charge in [0.1, 0.15) is 24.2 Å². The fourth-order valence-corrected chi connectivity index (χ4v) is 4.11. The first-order valence-corrected chi connectivity index (χ1v) is 12.5. The van der Waals surface area contributed by atoms with Crippen molar-refractivity contribution in [2.45, 2.75) is 45.8 Å². The Hall–Kier alpha value is -3.14. The first-order valence-electron chi connectivity index (χ1n) is 10.7. The van der Waals surface area contributed by atoms with Gasteiger partial charge in [0.15, 0.2) is 0 Å². The molecule has 1 N–H and O–H groups in total. The van der Waals surface area contributed by atoms with Crippen molar-refractivity contribution in [2.24, 2.45) is 0 Å². The molecule has 2 aromatic rings. The zero-order valence-corrected chi connectivity index (χ0v) is 21.1. The van der Waals surface area contributed by atoms with Crippen LogP contribution in [0.15, 0.2) is 48.5 Å². The van der Waals surface area contributed by atoms with Crippen LogP contribution in [-0.2, 0) is 26.2 Å². The average Bonchev–Trinajstić information content (AvgIpc) is 2.73. The Morgan fingerprint density at radius 3 is 2.32 bits per heavy atom. The van der Waals surface area contributed by atoms with Gasteiger partial charge in [-0.25, -0.2) is 12.8 Å². The molecule has 10 heteroatoms. The number of carbonyl (C=O) groups excluding carboxylic acids is 2. The number of rotatable bonds is 9. The summed E-state index contributed by atoms with van der Waals surface area (Å²) in [6, 6.07) is 11.1. The lowest BCUT2D eigenvalue weighted by Gasteiger charge is -2.33. The van der Waals surface area contributed by atoms with Gasteiger partial charge in [0.25, 0.3) is 0 Å². The normalized spacial score (nSPS) is 12.6. The van der Waals surface area contributed by atoms with Crippen LogP contribution in [0.3, 0.4) is 0 Å². The number of halogens is 1. The summed E-state index contributed by atoms with van der Waals surface area (Å²) in [5.74, 6) is -1.06. The molecule has 0 aromatic heterocycles. The number of ether oxygens (including phenoxy) is 1. The third kappa shape index (κ3) is 7.72. The summed E-state index contributed by atoms with van der Waals surface area (Å²) in [5, 5.41) is 2.85. The summed E-state index contributed by atoms with van der Waals surface area (Å²) < 4.78 is 44.8. The van der Waals surface area contributed by atoms with Gasteiger partial charge in [-0.1, -0.05) is 18.2 Å². The predicted octanol–water partition coefficient (Wildman–Crippen LogP) is 2.93. The third-order valence-corrected chi connectivity index (χ3v) is 6.07. The fraction of sp³-hybridized carbons (Fsp3) is 0.417. The number of sulfonamides is 1. The predicted molar refractivity (Wildman–Crippen MR) is 129 cm³/mol. The molecule has 2 aromatic carbocycles. The fourth-order valence-electron chi connectivity index (χ4n) is 3.27. The van der Waals surface area contributed by atoms with Gasteiger partial charge in [0.05, 0.1) is 19.1 Å². The zero-order chi connectivity index (χ0) is 25.7. The number of nitrogens with zero attached hydrogens (tertiary/aromatic N) is 2. The molecule has 0 unspecified atom stereocenters. The summed E-state index contributed by atoms with van der Waals surface area (Å²) >= 11 is 0. The van der Waals surface area contributed by atoms with E-state index in [4.69, 9.17) is 4.74 Å². The van der Waals surface area contributed by atoms with E-state index in [0.717, 1.165) is 16.6 Å². The molecular formula is C24H32FN3O5S. The lowest BCUT2D eigenvalue weighted by atomic mass is 10.1. The first-order chi connectivity index (χ1) is 15.7. The highest BCUT2D eigenvalue weighted by molar-refractivity contribution is 7.92. The van der Waals surface area contributed by atoms with Crippen molar-refractivity contribution in [1.29, 1.82) is 0 Å². The molecule has 2 amide bonds. The highest BCUT2D eigenvalue weighted by atomic mass is 32.2. The number of hydrogen-bond acceptors (Lipinski definition) is 5. The number of nitrogens with one attached hydrogen (secondary N) is 1. The molecule has 0 aliphatic rings. The highest BCUT2D eigenvalue weighted by Gasteiger charge is 2.31. The van der Waals surface area contributed by atoms with Gasteiger partial charge in [0, 0.05) is 12.1 Å². The Kier molecular flexibility index (Phi) is 8.66. The number of hydrogen-bond donors (Lipinski definition) is 1. The first kappa shape index (κ1) is 27.1. The third-order valence-electron chi connectivity index (χ3n) is 4.93. The van der Waals surface area contributed by atoms with E-state index < -0.39 is 39.9 Å². The molecule has 0 saturated heterocycles. The minimum absolute atomic E-state index is 0.0176. The topological polar surface area (TPSA) is 96.0 Å². The van der Waals surface area contributed by atoms with Gasteiger partial charge in [-0.15, -0.1) is 0 Å². The largest absolute Gasteiger partial charge is 0.497 e. The van der Waals surface area contributed by atoms with Crippen molar-refractivity contribution in [3.05, 3.63) is 59.9 Å². The van der Waals surface area contributed by atoms with E-state index in [1.165, 1.54) is 30.2 Å². The van der Waals surface area contributed by atoms with Crippen LogP contribution in [0.5, 0.6) is 5.75 Å². The lowest BCUT2D eigenvalue weighted by Crippen LogP contribution is -2.54. The van der Waals surface area contributed by atoms with Crippen molar-refractivity contribution >= 4 is 27.5 Å². The van der Waals surface area contributed by atoms with Crippen LogP contribution in [0.2, 0.25) is 0 Å². The van der Waals surface area contributed by atoms with Crippen molar-refractivity contribution < 1.29 is 27.1 Å². The summed E-state index contributed by atoms with van der Waals surface area (Å²) in [4.78, 5) is 27.6. The molecule has 1 atom stereocenters. The lowest BCUT2D eigenvalue weighted by molar-refractivity contribution is -0.140. The van der Waals surface area contributed by atoms with E-state index in [1.807, 2.05) is 20.8 Å². The molecule has 186 valence electrons. The van der Waals surface area contributed by atoms with Crippen molar-refractivity contribution in [3.8, 4) is 5.75 Å². The van der Waals surface area contributed by atoms with Gasteiger partial charge in [-0.2, -0.15) is 0 Å². The van der Waals surface area contributed by atoms with E-state index in [1.54, 1.807) is 31.2 Å². The van der Waals surface area contributed by atoms with E-state index in [0.29, 0.717) is 11.3 Å². The molecule has 0 fully saturated rings. The summed E-state index contributed by atoms with van der Waals surface area (Å²) in [5.41, 5.74) is 0.180. The maximum atomic E-state index is 13.8. The van der Waals surface area contributed by atoms with Gasteiger partial charge in [0.2, 0.25) is 21.8 Å². The van der Waals surface area contributed by atoms with E-state index in [-0.39, 0.29) is 18.1 Å². The molecule has 0 bridgehead atoms. The highest BCUT2D eigenvalue weighted by Crippen LogP contribution is 2.21. The molecule has 0 radical (unpaired) electrons. The van der Waals surface area contributed by atoms with Crippen LogP contribution in [0.1, 0.15) is 33.3 Å². The standard InChI is InChI=1S/C24H32FN3O5S/c1-17(23(30)26-24(2,3)4)27(15-18-9-7-12-21(13-18)33-5)22(29)16-28(34(6,31)32)20-11-8-10-19(25)14-20/h7-14,17H,15-16H2,1-6H3,(H,26,30)/t17-/m1/s1. The Morgan fingerprint density at radius 2 is 1.76 bits per heavy atom. The zero-order valence-electron chi connectivity index (χ0n) is 20.3. The van der Waals surface area contributed by atoms with E-state index in [9.17, 15) is 22.4 Å². The van der Waals surface area contributed by atoms with Gasteiger partial charge < -0.3 is 15.0 Å². The molecule has 34 heavy (non-hydrogen) atoms. The van der Waals surface area contributed by atoms with Crippen LogP contribution < -0.4 is 14.4 Å². The molecule has 0 saturated carbocycles. The molecule has 8 nitrogen and oxygen atoms in total. The van der Waals surface area contributed by atoms with Gasteiger partial charge >= 0.3 is 0 Å².